The molecule has 8 aromatic carbocycles. The molecule has 0 spiro atoms. The van der Waals surface area contributed by atoms with Gasteiger partial charge in [0, 0.05) is 16.7 Å². The molecule has 0 saturated carbocycles. The summed E-state index contributed by atoms with van der Waals surface area (Å²) in [7, 11) is 0. The Balaban J connectivity index is 1.21. The molecule has 1 aliphatic carbocycles. The molecule has 0 radical (unpaired) electrons. The van der Waals surface area contributed by atoms with Crippen LogP contribution in [0.3, 0.4) is 0 Å². The molecule has 256 valence electrons. The lowest BCUT2D eigenvalue weighted by molar-refractivity contribution is 0.770. The average molecular weight is 701 g/mol. The summed E-state index contributed by atoms with van der Waals surface area (Å²) in [6.07, 6.45) is 0. The van der Waals surface area contributed by atoms with Crippen molar-refractivity contribution in [3.63, 3.8) is 0 Å². The number of hydrogen-bond acceptors (Lipinski definition) is 4. The fourth-order valence-electron chi connectivity index (χ4n) is 8.22. The van der Waals surface area contributed by atoms with Gasteiger partial charge < -0.3 is 0 Å². The van der Waals surface area contributed by atoms with Crippen molar-refractivity contribution in [1.82, 2.24) is 15.0 Å². The lowest BCUT2D eigenvalue weighted by atomic mass is 9.67. The SMILES string of the molecule is N#Cc1ccc(-c2ccc3c(c2)C(c2ccccc2)(c2ccccc2)c2cc4cc(-c5nc(-c6ccccc6)nc(-c6ccccc6)n5)ccc4cc2-3)cc1. The van der Waals surface area contributed by atoms with Gasteiger partial charge in [-0.1, -0.05) is 158 Å². The van der Waals surface area contributed by atoms with Gasteiger partial charge in [0.15, 0.2) is 17.5 Å². The van der Waals surface area contributed by atoms with Gasteiger partial charge in [-0.3, -0.25) is 0 Å². The van der Waals surface area contributed by atoms with Gasteiger partial charge >= 0.3 is 0 Å². The second-order valence-electron chi connectivity index (χ2n) is 13.9. The molecule has 4 nitrogen and oxygen atoms in total. The molecule has 1 aliphatic rings. The first-order chi connectivity index (χ1) is 27.2. The smallest absolute Gasteiger partial charge is 0.164 e. The second kappa shape index (κ2) is 13.2. The van der Waals surface area contributed by atoms with Crippen LogP contribution in [0.1, 0.15) is 27.8 Å². The molecule has 0 atom stereocenters. The molecular weight excluding hydrogens is 669 g/mol. The lowest BCUT2D eigenvalue weighted by Gasteiger charge is -2.34. The van der Waals surface area contributed by atoms with Crippen LogP contribution in [0.25, 0.3) is 67.2 Å². The molecule has 1 heterocycles. The molecule has 9 aromatic rings. The van der Waals surface area contributed by atoms with E-state index in [0.29, 0.717) is 23.0 Å². The zero-order valence-corrected chi connectivity index (χ0v) is 29.8. The standard InChI is InChI=1S/C51H32N4/c52-33-34-21-23-35(24-22-34)39-27-28-44-45-30-38-25-26-40(50-54-48(36-13-5-1-6-14-36)53-49(55-50)37-15-7-2-8-16-37)29-41(38)32-47(45)51(46(44)31-39,42-17-9-3-10-18-42)43-19-11-4-12-20-43/h1-32H. The fraction of sp³-hybridized carbons (Fsp3) is 0.0196. The highest BCUT2D eigenvalue weighted by atomic mass is 15.0. The quantitative estimate of drug-likeness (QED) is 0.173. The van der Waals surface area contributed by atoms with E-state index in [9.17, 15) is 5.26 Å². The molecule has 4 heteroatoms. The highest BCUT2D eigenvalue weighted by molar-refractivity contribution is 5.98. The summed E-state index contributed by atoms with van der Waals surface area (Å²) in [6.45, 7) is 0. The molecule has 0 aliphatic heterocycles. The van der Waals surface area contributed by atoms with Gasteiger partial charge in [-0.15, -0.1) is 0 Å². The van der Waals surface area contributed by atoms with Crippen molar-refractivity contribution in [3.8, 4) is 62.5 Å². The number of nitriles is 1. The van der Waals surface area contributed by atoms with E-state index in [1.54, 1.807) is 0 Å². The highest BCUT2D eigenvalue weighted by Crippen LogP contribution is 2.57. The Morgan fingerprint density at radius 1 is 0.364 bits per heavy atom. The summed E-state index contributed by atoms with van der Waals surface area (Å²) in [5.41, 5.74) is 12.3. The molecule has 0 amide bonds. The number of hydrogen-bond donors (Lipinski definition) is 0. The Morgan fingerprint density at radius 3 is 1.42 bits per heavy atom. The minimum atomic E-state index is -0.589. The maximum absolute atomic E-state index is 9.47. The first-order valence-corrected chi connectivity index (χ1v) is 18.4. The van der Waals surface area contributed by atoms with E-state index < -0.39 is 5.41 Å². The maximum Gasteiger partial charge on any atom is 0.164 e. The Hall–Kier alpha value is -7.48. The van der Waals surface area contributed by atoms with Gasteiger partial charge in [0.05, 0.1) is 17.0 Å². The van der Waals surface area contributed by atoms with Crippen LogP contribution in [0.2, 0.25) is 0 Å². The van der Waals surface area contributed by atoms with E-state index in [-0.39, 0.29) is 0 Å². The normalized spacial score (nSPS) is 12.5. The molecule has 0 saturated heterocycles. The average Bonchev–Trinajstić information content (AvgIpc) is 3.55. The number of benzene rings is 8. The molecule has 0 bridgehead atoms. The topological polar surface area (TPSA) is 62.5 Å². The zero-order chi connectivity index (χ0) is 36.8. The predicted octanol–water partition coefficient (Wildman–Crippen LogP) is 11.9. The van der Waals surface area contributed by atoms with Crippen LogP contribution >= 0.6 is 0 Å². The summed E-state index contributed by atoms with van der Waals surface area (Å²) in [6, 6.07) is 70.1. The molecular formula is C51H32N4. The first-order valence-electron chi connectivity index (χ1n) is 18.4. The van der Waals surface area contributed by atoms with Gasteiger partial charge in [-0.05, 0) is 91.7 Å². The third kappa shape index (κ3) is 5.41. The van der Waals surface area contributed by atoms with Crippen molar-refractivity contribution in [3.05, 3.63) is 222 Å². The molecule has 10 rings (SSSR count). The van der Waals surface area contributed by atoms with Gasteiger partial charge in [0.25, 0.3) is 0 Å². The molecule has 0 unspecified atom stereocenters. The zero-order valence-electron chi connectivity index (χ0n) is 29.8. The Kier molecular flexibility index (Phi) is 7.71. The lowest BCUT2D eigenvalue weighted by Crippen LogP contribution is -2.28. The van der Waals surface area contributed by atoms with Crippen LogP contribution in [0, 0.1) is 11.3 Å². The van der Waals surface area contributed by atoms with Crippen LogP contribution in [-0.2, 0) is 5.41 Å². The van der Waals surface area contributed by atoms with Gasteiger partial charge in [-0.25, -0.2) is 15.0 Å². The fourth-order valence-corrected chi connectivity index (χ4v) is 8.22. The van der Waals surface area contributed by atoms with Gasteiger partial charge in [-0.2, -0.15) is 5.26 Å². The van der Waals surface area contributed by atoms with E-state index in [0.717, 1.165) is 38.6 Å². The number of nitrogens with zero attached hydrogens (tertiary/aromatic N) is 4. The van der Waals surface area contributed by atoms with E-state index >= 15 is 0 Å². The van der Waals surface area contributed by atoms with Crippen molar-refractivity contribution in [2.24, 2.45) is 0 Å². The summed E-state index contributed by atoms with van der Waals surface area (Å²) < 4.78 is 0. The van der Waals surface area contributed by atoms with E-state index in [4.69, 9.17) is 15.0 Å². The Bertz CT molecular complexity index is 2800. The molecule has 0 fully saturated rings. The largest absolute Gasteiger partial charge is 0.208 e. The summed E-state index contributed by atoms with van der Waals surface area (Å²) in [4.78, 5) is 15.0. The Labute approximate surface area is 319 Å². The van der Waals surface area contributed by atoms with E-state index in [1.165, 1.54) is 33.4 Å². The highest BCUT2D eigenvalue weighted by Gasteiger charge is 2.46. The summed E-state index contributed by atoms with van der Waals surface area (Å²) in [5.74, 6) is 1.90. The number of aromatic nitrogens is 3. The monoisotopic (exact) mass is 700 g/mol. The molecule has 0 N–H and O–H groups in total. The number of rotatable bonds is 6. The number of fused-ring (bicyclic) bond motifs is 4. The Morgan fingerprint density at radius 2 is 0.855 bits per heavy atom. The van der Waals surface area contributed by atoms with Crippen LogP contribution in [0.4, 0.5) is 0 Å². The summed E-state index contributed by atoms with van der Waals surface area (Å²) >= 11 is 0. The van der Waals surface area contributed by atoms with E-state index in [1.807, 2.05) is 84.9 Å². The second-order valence-corrected chi connectivity index (χ2v) is 13.9. The van der Waals surface area contributed by atoms with Gasteiger partial charge in [0.2, 0.25) is 0 Å². The maximum atomic E-state index is 9.47. The van der Waals surface area contributed by atoms with Crippen LogP contribution in [0.15, 0.2) is 194 Å². The minimum Gasteiger partial charge on any atom is -0.208 e. The third-order valence-corrected chi connectivity index (χ3v) is 10.8. The third-order valence-electron chi connectivity index (χ3n) is 10.8. The van der Waals surface area contributed by atoms with Crippen LogP contribution < -0.4 is 0 Å². The van der Waals surface area contributed by atoms with Crippen LogP contribution in [0.5, 0.6) is 0 Å². The van der Waals surface area contributed by atoms with Crippen LogP contribution in [-0.4, -0.2) is 15.0 Å². The molecule has 1 aromatic heterocycles. The predicted molar refractivity (Wildman–Crippen MR) is 221 cm³/mol. The van der Waals surface area contributed by atoms with Crippen molar-refractivity contribution < 1.29 is 0 Å². The van der Waals surface area contributed by atoms with Crippen molar-refractivity contribution in [2.75, 3.05) is 0 Å². The minimum absolute atomic E-state index is 0.589. The van der Waals surface area contributed by atoms with E-state index in [2.05, 4.69) is 115 Å². The van der Waals surface area contributed by atoms with Crippen molar-refractivity contribution in [2.45, 2.75) is 5.41 Å². The first kappa shape index (κ1) is 32.2. The van der Waals surface area contributed by atoms with Crippen molar-refractivity contribution >= 4 is 10.8 Å². The van der Waals surface area contributed by atoms with Gasteiger partial charge in [0.1, 0.15) is 0 Å². The molecule has 55 heavy (non-hydrogen) atoms. The van der Waals surface area contributed by atoms with Crippen molar-refractivity contribution in [1.29, 1.82) is 5.26 Å². The summed E-state index contributed by atoms with van der Waals surface area (Å²) in [5, 5.41) is 11.7.